The highest BCUT2D eigenvalue weighted by Crippen LogP contribution is 2.36. The maximum Gasteiger partial charge on any atom is 0.463 e. The Morgan fingerprint density at radius 3 is 1.86 bits per heavy atom. The number of amides is 1. The smallest absolute Gasteiger partial charge is 0.378 e. The van der Waals surface area contributed by atoms with Crippen molar-refractivity contribution in [3.8, 4) is 0 Å². The number of rotatable bonds is 4. The van der Waals surface area contributed by atoms with E-state index < -0.39 is 18.0 Å². The first kappa shape index (κ1) is 17.2. The van der Waals surface area contributed by atoms with E-state index in [2.05, 4.69) is 0 Å². The highest BCUT2D eigenvalue weighted by molar-refractivity contribution is 5.84. The van der Waals surface area contributed by atoms with Crippen LogP contribution in [0.15, 0.2) is 24.3 Å². The van der Waals surface area contributed by atoms with Gasteiger partial charge in [0.05, 0.1) is 0 Å². The van der Waals surface area contributed by atoms with Crippen molar-refractivity contribution < 1.29 is 26.7 Å². The second kappa shape index (κ2) is 5.87. The molecule has 0 fully saturated rings. The molecule has 0 saturated carbocycles. The fourth-order valence-corrected chi connectivity index (χ4v) is 1.61. The molecule has 3 nitrogen and oxygen atoms in total. The van der Waals surface area contributed by atoms with Gasteiger partial charge in [0.1, 0.15) is 0 Å². The number of halogens is 5. The molecule has 1 rings (SSSR count). The third-order valence-corrected chi connectivity index (χ3v) is 2.84. The van der Waals surface area contributed by atoms with Crippen LogP contribution in [0.2, 0.25) is 0 Å². The van der Waals surface area contributed by atoms with Crippen molar-refractivity contribution in [2.45, 2.75) is 18.6 Å². The summed E-state index contributed by atoms with van der Waals surface area (Å²) in [7, 11) is 4.50. The largest absolute Gasteiger partial charge is 0.463 e. The predicted molar refractivity (Wildman–Crippen MR) is 68.2 cm³/mol. The van der Waals surface area contributed by atoms with Crippen LogP contribution in [0.25, 0.3) is 0 Å². The molecule has 0 unspecified atom stereocenters. The van der Waals surface area contributed by atoms with Gasteiger partial charge in [-0.15, -0.1) is 0 Å². The Morgan fingerprint density at radius 1 is 1.00 bits per heavy atom. The second-order valence-corrected chi connectivity index (χ2v) is 4.79. The molecule has 1 aromatic rings. The number of hydrogen-bond donors (Lipinski definition) is 0. The number of alkyl halides is 5. The van der Waals surface area contributed by atoms with Crippen molar-refractivity contribution >= 4 is 11.6 Å². The number of hydrogen-bond acceptors (Lipinski definition) is 2. The van der Waals surface area contributed by atoms with Crippen LogP contribution >= 0.6 is 0 Å². The molecule has 0 aliphatic heterocycles. The van der Waals surface area contributed by atoms with Crippen molar-refractivity contribution in [3.63, 3.8) is 0 Å². The fraction of sp³-hybridized carbons (Fsp3) is 0.462. The Balaban J connectivity index is 2.81. The van der Waals surface area contributed by atoms with Crippen LogP contribution < -0.4 is 4.90 Å². The molecule has 0 bridgehead atoms. The third-order valence-electron chi connectivity index (χ3n) is 2.84. The Labute approximate surface area is 118 Å². The summed E-state index contributed by atoms with van der Waals surface area (Å²) in [5.41, 5.74) is 1.29. The van der Waals surface area contributed by atoms with E-state index in [9.17, 15) is 26.7 Å². The minimum atomic E-state index is -5.90. The third kappa shape index (κ3) is 3.83. The molecular weight excluding hydrogens is 295 g/mol. The number of carbonyl (C=O) groups excluding carboxylic acids is 1. The van der Waals surface area contributed by atoms with Crippen LogP contribution in [-0.4, -0.2) is 44.0 Å². The summed E-state index contributed by atoms with van der Waals surface area (Å²) in [5, 5.41) is 0. The normalized spacial score (nSPS) is 12.2. The van der Waals surface area contributed by atoms with Gasteiger partial charge >= 0.3 is 18.0 Å². The van der Waals surface area contributed by atoms with Gasteiger partial charge in [-0.05, 0) is 17.7 Å². The molecule has 0 aliphatic carbocycles. The lowest BCUT2D eigenvalue weighted by Gasteiger charge is -2.25. The molecule has 1 amide bonds. The van der Waals surface area contributed by atoms with Crippen molar-refractivity contribution in [1.29, 1.82) is 0 Å². The van der Waals surface area contributed by atoms with Crippen molar-refractivity contribution in [3.05, 3.63) is 29.8 Å². The van der Waals surface area contributed by atoms with E-state index in [1.807, 2.05) is 0 Å². The molecule has 0 atom stereocenters. The Hall–Kier alpha value is -1.86. The van der Waals surface area contributed by atoms with Crippen LogP contribution in [0.3, 0.4) is 0 Å². The zero-order valence-corrected chi connectivity index (χ0v) is 11.7. The van der Waals surface area contributed by atoms with Gasteiger partial charge in [-0.2, -0.15) is 22.0 Å². The molecule has 0 spiro atoms. The summed E-state index contributed by atoms with van der Waals surface area (Å²) < 4.78 is 62.2. The van der Waals surface area contributed by atoms with Gasteiger partial charge in [0.25, 0.3) is 0 Å². The van der Waals surface area contributed by atoms with Gasteiger partial charge in [0.2, 0.25) is 0 Å². The predicted octanol–water partition coefficient (Wildman–Crippen LogP) is 2.91. The highest BCUT2D eigenvalue weighted by atomic mass is 19.4. The van der Waals surface area contributed by atoms with Gasteiger partial charge in [-0.1, -0.05) is 12.1 Å². The topological polar surface area (TPSA) is 23.6 Å². The summed E-state index contributed by atoms with van der Waals surface area (Å²) in [5.74, 6) is -7.66. The maximum absolute atomic E-state index is 12.9. The van der Waals surface area contributed by atoms with E-state index in [1.165, 1.54) is 0 Å². The average molecular weight is 310 g/mol. The molecule has 0 heterocycles. The van der Waals surface area contributed by atoms with Crippen LogP contribution in [0.4, 0.5) is 27.6 Å². The lowest BCUT2D eigenvalue weighted by molar-refractivity contribution is -0.274. The van der Waals surface area contributed by atoms with E-state index in [0.717, 1.165) is 12.7 Å². The minimum absolute atomic E-state index is 0.335. The molecule has 21 heavy (non-hydrogen) atoms. The molecule has 0 radical (unpaired) electrons. The Bertz CT molecular complexity index is 496. The van der Waals surface area contributed by atoms with Gasteiger partial charge in [-0.25, -0.2) is 0 Å². The van der Waals surface area contributed by atoms with Gasteiger partial charge in [-0.3, -0.25) is 4.79 Å². The van der Waals surface area contributed by atoms with E-state index >= 15 is 0 Å². The summed E-state index contributed by atoms with van der Waals surface area (Å²) >= 11 is 0. The first-order valence-corrected chi connectivity index (χ1v) is 5.93. The quantitative estimate of drug-likeness (QED) is 0.798. The van der Waals surface area contributed by atoms with E-state index in [4.69, 9.17) is 0 Å². The van der Waals surface area contributed by atoms with E-state index in [-0.39, 0.29) is 6.54 Å². The molecule has 0 aromatic heterocycles. The van der Waals surface area contributed by atoms with Crippen LogP contribution in [0.5, 0.6) is 0 Å². The van der Waals surface area contributed by atoms with Crippen LogP contribution in [-0.2, 0) is 11.3 Å². The summed E-state index contributed by atoms with van der Waals surface area (Å²) in [4.78, 5) is 13.4. The first-order valence-electron chi connectivity index (χ1n) is 5.93. The van der Waals surface area contributed by atoms with Crippen molar-refractivity contribution in [1.82, 2.24) is 4.90 Å². The number of benzene rings is 1. The first-order chi connectivity index (χ1) is 9.46. The van der Waals surface area contributed by atoms with Gasteiger partial charge < -0.3 is 9.80 Å². The van der Waals surface area contributed by atoms with Gasteiger partial charge in [0, 0.05) is 33.4 Å². The average Bonchev–Trinajstić information content (AvgIpc) is 2.36. The summed E-state index contributed by atoms with van der Waals surface area (Å²) in [6.07, 6.45) is -5.90. The second-order valence-electron chi connectivity index (χ2n) is 4.79. The van der Waals surface area contributed by atoms with E-state index in [1.54, 1.807) is 43.3 Å². The standard InChI is InChI=1S/C13H15F5N2O/c1-19(2)10-6-4-9(5-7-10)8-20(3)11(21)12(14,15)13(16,17)18/h4-7H,8H2,1-3H3. The van der Waals surface area contributed by atoms with Crippen LogP contribution in [0, 0.1) is 0 Å². The van der Waals surface area contributed by atoms with E-state index in [0.29, 0.717) is 10.5 Å². The SMILES string of the molecule is CN(Cc1ccc(N(C)C)cc1)C(=O)C(F)(F)C(F)(F)F. The number of anilines is 1. The molecule has 0 N–H and O–H groups in total. The van der Waals surface area contributed by atoms with Crippen LogP contribution in [0.1, 0.15) is 5.56 Å². The lowest BCUT2D eigenvalue weighted by atomic mass is 10.1. The minimum Gasteiger partial charge on any atom is -0.378 e. The van der Waals surface area contributed by atoms with Crippen molar-refractivity contribution in [2.75, 3.05) is 26.0 Å². The summed E-state index contributed by atoms with van der Waals surface area (Å²) in [6, 6.07) is 6.47. The molecular formula is C13H15F5N2O. The lowest BCUT2D eigenvalue weighted by Crippen LogP contribution is -2.50. The van der Waals surface area contributed by atoms with Crippen molar-refractivity contribution in [2.24, 2.45) is 0 Å². The maximum atomic E-state index is 12.9. The summed E-state index contributed by atoms with van der Waals surface area (Å²) in [6.45, 7) is -0.335. The van der Waals surface area contributed by atoms with Gasteiger partial charge in [0.15, 0.2) is 0 Å². The Morgan fingerprint density at radius 2 is 1.48 bits per heavy atom. The Kier molecular flexibility index (Phi) is 4.80. The number of carbonyl (C=O) groups is 1. The fourth-order valence-electron chi connectivity index (χ4n) is 1.61. The highest BCUT2D eigenvalue weighted by Gasteiger charge is 2.64. The molecule has 8 heteroatoms. The zero-order chi connectivity index (χ0) is 16.4. The molecule has 0 aliphatic rings. The number of nitrogens with zero attached hydrogens (tertiary/aromatic N) is 2. The zero-order valence-electron chi connectivity index (χ0n) is 11.7. The molecule has 0 saturated heterocycles. The molecule has 118 valence electrons. The monoisotopic (exact) mass is 310 g/mol. The molecule has 1 aromatic carbocycles.